The van der Waals surface area contributed by atoms with Crippen molar-refractivity contribution in [2.24, 2.45) is 0 Å². The summed E-state index contributed by atoms with van der Waals surface area (Å²) in [5.74, 6) is 0.185. The van der Waals surface area contributed by atoms with Crippen LogP contribution in [0.1, 0.15) is 39.0 Å². The van der Waals surface area contributed by atoms with E-state index >= 15 is 0 Å². The monoisotopic (exact) mass is 257 g/mol. The van der Waals surface area contributed by atoms with Gasteiger partial charge >= 0.3 is 5.97 Å². The Kier molecular flexibility index (Phi) is 3.66. The van der Waals surface area contributed by atoms with Gasteiger partial charge in [-0.2, -0.15) is 0 Å². The standard InChI is InChI=1S/C12H19NO3S/c1-12(6-4-8-17-12)11(16)13-7-3-2-5-9(13)10(14)15/h9H,2-8H2,1H3,(H,14,15). The molecule has 2 fully saturated rings. The van der Waals surface area contributed by atoms with E-state index in [2.05, 4.69) is 0 Å². The lowest BCUT2D eigenvalue weighted by molar-refractivity contribution is -0.153. The molecular formula is C12H19NO3S. The molecular weight excluding hydrogens is 238 g/mol. The fourth-order valence-electron chi connectivity index (χ4n) is 2.68. The van der Waals surface area contributed by atoms with E-state index in [1.807, 2.05) is 6.92 Å². The predicted molar refractivity (Wildman–Crippen MR) is 67.1 cm³/mol. The Labute approximate surface area is 106 Å². The van der Waals surface area contributed by atoms with Crippen molar-refractivity contribution in [2.45, 2.75) is 49.8 Å². The van der Waals surface area contributed by atoms with Crippen LogP contribution in [0.3, 0.4) is 0 Å². The number of carbonyl (C=O) groups excluding carboxylic acids is 1. The summed E-state index contributed by atoms with van der Waals surface area (Å²) in [6, 6.07) is -0.603. The first-order valence-electron chi connectivity index (χ1n) is 6.22. The van der Waals surface area contributed by atoms with E-state index in [0.717, 1.165) is 31.4 Å². The van der Waals surface area contributed by atoms with Crippen LogP contribution in [-0.4, -0.2) is 45.0 Å². The molecule has 0 aliphatic carbocycles. The van der Waals surface area contributed by atoms with Gasteiger partial charge in [0, 0.05) is 6.54 Å². The number of nitrogens with zero attached hydrogens (tertiary/aromatic N) is 1. The van der Waals surface area contributed by atoms with E-state index < -0.39 is 12.0 Å². The summed E-state index contributed by atoms with van der Waals surface area (Å²) in [5, 5.41) is 9.18. The van der Waals surface area contributed by atoms with Gasteiger partial charge in [-0.1, -0.05) is 0 Å². The van der Waals surface area contributed by atoms with Crippen molar-refractivity contribution >= 4 is 23.6 Å². The summed E-state index contributed by atoms with van der Waals surface area (Å²) in [4.78, 5) is 25.3. The Morgan fingerprint density at radius 3 is 2.71 bits per heavy atom. The largest absolute Gasteiger partial charge is 0.480 e. The van der Waals surface area contributed by atoms with E-state index in [1.54, 1.807) is 16.7 Å². The predicted octanol–water partition coefficient (Wildman–Crippen LogP) is 1.74. The van der Waals surface area contributed by atoms with Gasteiger partial charge < -0.3 is 10.0 Å². The summed E-state index contributed by atoms with van der Waals surface area (Å²) in [6.07, 6.45) is 4.36. The van der Waals surface area contributed by atoms with E-state index in [-0.39, 0.29) is 10.7 Å². The Morgan fingerprint density at radius 1 is 1.35 bits per heavy atom. The molecule has 0 radical (unpaired) electrons. The lowest BCUT2D eigenvalue weighted by atomic mass is 9.97. The van der Waals surface area contributed by atoms with Gasteiger partial charge in [0.25, 0.3) is 0 Å². The van der Waals surface area contributed by atoms with Crippen LogP contribution in [-0.2, 0) is 9.59 Å². The van der Waals surface area contributed by atoms with E-state index in [9.17, 15) is 14.7 Å². The van der Waals surface area contributed by atoms with Gasteiger partial charge in [-0.05, 0) is 44.8 Å². The maximum Gasteiger partial charge on any atom is 0.326 e. The van der Waals surface area contributed by atoms with Gasteiger partial charge in [0.2, 0.25) is 5.91 Å². The number of carboxylic acids is 1. The van der Waals surface area contributed by atoms with Gasteiger partial charge in [0.1, 0.15) is 6.04 Å². The molecule has 0 aromatic rings. The smallest absolute Gasteiger partial charge is 0.326 e. The Hall–Kier alpha value is -0.710. The van der Waals surface area contributed by atoms with Crippen molar-refractivity contribution in [1.29, 1.82) is 0 Å². The molecule has 2 rings (SSSR count). The average Bonchev–Trinajstić information content (AvgIpc) is 2.76. The highest BCUT2D eigenvalue weighted by molar-refractivity contribution is 8.01. The van der Waals surface area contributed by atoms with Gasteiger partial charge in [0.15, 0.2) is 0 Å². The molecule has 1 amide bonds. The summed E-state index contributed by atoms with van der Waals surface area (Å²) in [6.45, 7) is 2.56. The number of carboxylic acid groups (broad SMARTS) is 1. The molecule has 2 aliphatic rings. The summed E-state index contributed by atoms with van der Waals surface area (Å²) in [5.41, 5.74) is 0. The quantitative estimate of drug-likeness (QED) is 0.818. The normalized spacial score (nSPS) is 33.7. The number of hydrogen-bond donors (Lipinski definition) is 1. The lowest BCUT2D eigenvalue weighted by Crippen LogP contribution is -2.53. The summed E-state index contributed by atoms with van der Waals surface area (Å²) >= 11 is 1.68. The SMILES string of the molecule is CC1(C(=O)N2CCCCC2C(=O)O)CCCS1. The molecule has 4 nitrogen and oxygen atoms in total. The Balaban J connectivity index is 2.13. The molecule has 2 atom stereocenters. The van der Waals surface area contributed by atoms with Gasteiger partial charge in [0.05, 0.1) is 4.75 Å². The summed E-state index contributed by atoms with van der Waals surface area (Å²) < 4.78 is -0.384. The molecule has 17 heavy (non-hydrogen) atoms. The van der Waals surface area contributed by atoms with Crippen molar-refractivity contribution in [1.82, 2.24) is 4.90 Å². The second-order valence-corrected chi connectivity index (χ2v) is 6.63. The minimum Gasteiger partial charge on any atom is -0.480 e. The van der Waals surface area contributed by atoms with Crippen molar-refractivity contribution in [3.05, 3.63) is 0 Å². The van der Waals surface area contributed by atoms with Crippen LogP contribution >= 0.6 is 11.8 Å². The van der Waals surface area contributed by atoms with Crippen molar-refractivity contribution < 1.29 is 14.7 Å². The zero-order chi connectivity index (χ0) is 12.5. The topological polar surface area (TPSA) is 57.6 Å². The van der Waals surface area contributed by atoms with Crippen LogP contribution in [0.15, 0.2) is 0 Å². The molecule has 2 heterocycles. The molecule has 0 bridgehead atoms. The van der Waals surface area contributed by atoms with E-state index in [1.165, 1.54) is 0 Å². The number of aliphatic carboxylic acids is 1. The molecule has 2 saturated heterocycles. The van der Waals surface area contributed by atoms with Crippen molar-refractivity contribution in [2.75, 3.05) is 12.3 Å². The van der Waals surface area contributed by atoms with Gasteiger partial charge in [-0.3, -0.25) is 4.79 Å². The molecule has 2 unspecified atom stereocenters. The first kappa shape index (κ1) is 12.7. The van der Waals surface area contributed by atoms with Crippen LogP contribution in [0.25, 0.3) is 0 Å². The zero-order valence-corrected chi connectivity index (χ0v) is 11.0. The minimum absolute atomic E-state index is 0.0344. The first-order valence-corrected chi connectivity index (χ1v) is 7.21. The summed E-state index contributed by atoms with van der Waals surface area (Å²) in [7, 11) is 0. The average molecular weight is 257 g/mol. The maximum absolute atomic E-state index is 12.5. The van der Waals surface area contributed by atoms with Crippen LogP contribution in [0.5, 0.6) is 0 Å². The molecule has 0 saturated carbocycles. The number of carbonyl (C=O) groups is 2. The number of hydrogen-bond acceptors (Lipinski definition) is 3. The third-order valence-corrected chi connectivity index (χ3v) is 5.23. The number of thioether (sulfide) groups is 1. The minimum atomic E-state index is -0.857. The third kappa shape index (κ3) is 2.44. The molecule has 2 aliphatic heterocycles. The van der Waals surface area contributed by atoms with Crippen molar-refractivity contribution in [3.8, 4) is 0 Å². The third-order valence-electron chi connectivity index (χ3n) is 3.72. The van der Waals surface area contributed by atoms with Crippen LogP contribution < -0.4 is 0 Å². The molecule has 0 aromatic carbocycles. The van der Waals surface area contributed by atoms with Crippen LogP contribution in [0.4, 0.5) is 0 Å². The molecule has 0 spiro atoms. The molecule has 1 N–H and O–H groups in total. The fourth-order valence-corrected chi connectivity index (χ4v) is 3.95. The number of piperidine rings is 1. The Bertz CT molecular complexity index is 326. The van der Waals surface area contributed by atoms with Gasteiger partial charge in [-0.25, -0.2) is 4.79 Å². The Morgan fingerprint density at radius 2 is 2.12 bits per heavy atom. The second-order valence-electron chi connectivity index (χ2n) is 5.03. The van der Waals surface area contributed by atoms with Gasteiger partial charge in [-0.15, -0.1) is 11.8 Å². The van der Waals surface area contributed by atoms with E-state index in [0.29, 0.717) is 13.0 Å². The second kappa shape index (κ2) is 4.88. The van der Waals surface area contributed by atoms with Crippen LogP contribution in [0.2, 0.25) is 0 Å². The fraction of sp³-hybridized carbons (Fsp3) is 0.833. The molecule has 0 aromatic heterocycles. The lowest BCUT2D eigenvalue weighted by Gasteiger charge is -2.37. The highest BCUT2D eigenvalue weighted by atomic mass is 32.2. The van der Waals surface area contributed by atoms with Crippen molar-refractivity contribution in [3.63, 3.8) is 0 Å². The number of likely N-dealkylation sites (tertiary alicyclic amines) is 1. The highest BCUT2D eigenvalue weighted by Crippen LogP contribution is 2.40. The number of amides is 1. The van der Waals surface area contributed by atoms with E-state index in [4.69, 9.17) is 0 Å². The zero-order valence-electron chi connectivity index (χ0n) is 10.1. The van der Waals surface area contributed by atoms with Crippen LogP contribution in [0, 0.1) is 0 Å². The molecule has 5 heteroatoms. The maximum atomic E-state index is 12.5. The highest BCUT2D eigenvalue weighted by Gasteiger charge is 2.44. The first-order chi connectivity index (χ1) is 8.04. The number of rotatable bonds is 2. The molecule has 96 valence electrons.